The summed E-state index contributed by atoms with van der Waals surface area (Å²) in [5.41, 5.74) is 0. The number of hydrogen-bond acceptors (Lipinski definition) is 3. The van der Waals surface area contributed by atoms with Gasteiger partial charge in [-0.25, -0.2) is 0 Å². The van der Waals surface area contributed by atoms with Crippen LogP contribution in [0.3, 0.4) is 0 Å². The van der Waals surface area contributed by atoms with Gasteiger partial charge in [0.2, 0.25) is 5.91 Å². The molecular weight excluding hydrogens is 339 g/mol. The molecule has 0 unspecified atom stereocenters. The molecule has 5 nitrogen and oxygen atoms in total. The van der Waals surface area contributed by atoms with Gasteiger partial charge in [0.15, 0.2) is 6.61 Å². The van der Waals surface area contributed by atoms with Crippen LogP contribution in [0, 0.1) is 5.92 Å². The van der Waals surface area contributed by atoms with Crippen molar-refractivity contribution in [3.63, 3.8) is 0 Å². The van der Waals surface area contributed by atoms with Gasteiger partial charge in [0.1, 0.15) is 5.75 Å². The fraction of sp³-hybridized carbons (Fsp3) is 0.500. The van der Waals surface area contributed by atoms with E-state index < -0.39 is 0 Å². The normalized spacial score (nSPS) is 18.0. The Bertz CT molecular complexity index is 611. The summed E-state index contributed by atoms with van der Waals surface area (Å²) in [7, 11) is 0. The van der Waals surface area contributed by atoms with Crippen LogP contribution in [0.5, 0.6) is 5.75 Å². The zero-order chi connectivity index (χ0) is 16.4. The first-order valence-electron chi connectivity index (χ1n) is 7.69. The highest BCUT2D eigenvalue weighted by atomic mass is 35.5. The number of benzene rings is 1. The van der Waals surface area contributed by atoms with Crippen molar-refractivity contribution < 1.29 is 14.3 Å². The van der Waals surface area contributed by atoms with Crippen molar-refractivity contribution in [1.82, 2.24) is 9.80 Å². The first-order chi connectivity index (χ1) is 11.0. The third-order valence-corrected chi connectivity index (χ3v) is 4.65. The third-order valence-electron chi connectivity index (χ3n) is 4.12. The van der Waals surface area contributed by atoms with Crippen LogP contribution in [0.1, 0.15) is 12.8 Å². The van der Waals surface area contributed by atoms with E-state index in [9.17, 15) is 9.59 Å². The number of amides is 2. The molecule has 2 fully saturated rings. The predicted molar refractivity (Wildman–Crippen MR) is 87.8 cm³/mol. The van der Waals surface area contributed by atoms with Crippen molar-refractivity contribution >= 4 is 35.0 Å². The van der Waals surface area contributed by atoms with Crippen LogP contribution < -0.4 is 4.74 Å². The van der Waals surface area contributed by atoms with Gasteiger partial charge in [0.05, 0.1) is 5.02 Å². The molecule has 1 aliphatic heterocycles. The molecule has 124 valence electrons. The molecule has 0 aromatic heterocycles. The number of rotatable bonds is 4. The van der Waals surface area contributed by atoms with Gasteiger partial charge in [-0.3, -0.25) is 9.59 Å². The minimum absolute atomic E-state index is 0.0715. The Balaban J connectivity index is 1.46. The predicted octanol–water partition coefficient (Wildman–Crippen LogP) is 2.45. The first-order valence-corrected chi connectivity index (χ1v) is 8.44. The largest absolute Gasteiger partial charge is 0.482 e. The molecule has 1 aromatic rings. The number of carbonyl (C=O) groups is 2. The minimum Gasteiger partial charge on any atom is -0.482 e. The van der Waals surface area contributed by atoms with Crippen molar-refractivity contribution in [2.24, 2.45) is 5.92 Å². The van der Waals surface area contributed by atoms with E-state index in [-0.39, 0.29) is 24.3 Å². The molecule has 1 aromatic carbocycles. The van der Waals surface area contributed by atoms with Gasteiger partial charge in [0, 0.05) is 37.1 Å². The lowest BCUT2D eigenvalue weighted by Crippen LogP contribution is -2.52. The maximum Gasteiger partial charge on any atom is 0.260 e. The summed E-state index contributed by atoms with van der Waals surface area (Å²) in [6.45, 7) is 2.23. The Labute approximate surface area is 145 Å². The van der Waals surface area contributed by atoms with Crippen LogP contribution in [0.2, 0.25) is 10.0 Å². The lowest BCUT2D eigenvalue weighted by atomic mass is 10.2. The molecule has 1 aliphatic carbocycles. The maximum atomic E-state index is 12.2. The molecule has 0 N–H and O–H groups in total. The Morgan fingerprint density at radius 3 is 2.35 bits per heavy atom. The van der Waals surface area contributed by atoms with Crippen molar-refractivity contribution in [2.45, 2.75) is 12.8 Å². The van der Waals surface area contributed by atoms with Crippen LogP contribution in [0.15, 0.2) is 18.2 Å². The maximum absolute atomic E-state index is 12.2. The molecule has 2 aliphatic rings. The second-order valence-electron chi connectivity index (χ2n) is 5.84. The molecule has 0 atom stereocenters. The van der Waals surface area contributed by atoms with Crippen molar-refractivity contribution in [3.05, 3.63) is 28.2 Å². The number of piperazine rings is 1. The molecule has 3 rings (SSSR count). The van der Waals surface area contributed by atoms with E-state index in [1.165, 1.54) is 0 Å². The monoisotopic (exact) mass is 356 g/mol. The summed E-state index contributed by atoms with van der Waals surface area (Å²) in [4.78, 5) is 27.8. The van der Waals surface area contributed by atoms with Gasteiger partial charge in [-0.2, -0.15) is 0 Å². The van der Waals surface area contributed by atoms with E-state index in [1.807, 2.05) is 4.90 Å². The summed E-state index contributed by atoms with van der Waals surface area (Å²) in [5, 5.41) is 0.898. The zero-order valence-electron chi connectivity index (χ0n) is 12.6. The van der Waals surface area contributed by atoms with E-state index in [2.05, 4.69) is 0 Å². The molecule has 0 spiro atoms. The van der Waals surface area contributed by atoms with Crippen molar-refractivity contribution in [2.75, 3.05) is 32.8 Å². The Hall–Kier alpha value is -1.46. The van der Waals surface area contributed by atoms with Crippen LogP contribution >= 0.6 is 23.2 Å². The fourth-order valence-electron chi connectivity index (χ4n) is 2.59. The van der Waals surface area contributed by atoms with Crippen LogP contribution in [0.4, 0.5) is 0 Å². The SMILES string of the molecule is O=C(COc1ccc(Cl)cc1Cl)N1CCN(C(=O)C2CC2)CC1. The molecule has 7 heteroatoms. The van der Waals surface area contributed by atoms with E-state index >= 15 is 0 Å². The summed E-state index contributed by atoms with van der Waals surface area (Å²) >= 11 is 11.8. The van der Waals surface area contributed by atoms with Crippen LogP contribution in [-0.2, 0) is 9.59 Å². The third kappa shape index (κ3) is 4.09. The second kappa shape index (κ2) is 6.97. The topological polar surface area (TPSA) is 49.9 Å². The number of halogens is 2. The van der Waals surface area contributed by atoms with Gasteiger partial charge in [0.25, 0.3) is 5.91 Å². The fourth-order valence-corrected chi connectivity index (χ4v) is 3.05. The summed E-state index contributed by atoms with van der Waals surface area (Å²) < 4.78 is 5.47. The molecule has 2 amide bonds. The number of ether oxygens (including phenoxy) is 1. The molecule has 1 saturated heterocycles. The molecule has 1 saturated carbocycles. The number of nitrogens with zero attached hydrogens (tertiary/aromatic N) is 2. The van der Waals surface area contributed by atoms with Gasteiger partial charge in [-0.05, 0) is 31.0 Å². The molecular formula is C16H18Cl2N2O3. The van der Waals surface area contributed by atoms with Gasteiger partial charge in [-0.1, -0.05) is 23.2 Å². The average molecular weight is 357 g/mol. The smallest absolute Gasteiger partial charge is 0.260 e. The zero-order valence-corrected chi connectivity index (χ0v) is 14.1. The van der Waals surface area contributed by atoms with Crippen molar-refractivity contribution in [3.8, 4) is 5.75 Å². The van der Waals surface area contributed by atoms with Crippen LogP contribution in [0.25, 0.3) is 0 Å². The quantitative estimate of drug-likeness (QED) is 0.832. The number of hydrogen-bond donors (Lipinski definition) is 0. The first kappa shape index (κ1) is 16.4. The highest BCUT2D eigenvalue weighted by molar-refractivity contribution is 6.35. The van der Waals surface area contributed by atoms with Gasteiger partial charge in [-0.15, -0.1) is 0 Å². The van der Waals surface area contributed by atoms with E-state index in [0.717, 1.165) is 12.8 Å². The lowest BCUT2D eigenvalue weighted by molar-refractivity contribution is -0.141. The highest BCUT2D eigenvalue weighted by Gasteiger charge is 2.35. The van der Waals surface area contributed by atoms with E-state index in [1.54, 1.807) is 23.1 Å². The van der Waals surface area contributed by atoms with Crippen LogP contribution in [-0.4, -0.2) is 54.4 Å². The number of carbonyl (C=O) groups excluding carboxylic acids is 2. The van der Waals surface area contributed by atoms with Gasteiger partial charge >= 0.3 is 0 Å². The average Bonchev–Trinajstić information content (AvgIpc) is 3.38. The van der Waals surface area contributed by atoms with E-state index in [4.69, 9.17) is 27.9 Å². The molecule has 0 radical (unpaired) electrons. The standard InChI is InChI=1S/C16H18Cl2N2O3/c17-12-3-4-14(13(18)9-12)23-10-15(21)19-5-7-20(8-6-19)16(22)11-1-2-11/h3-4,9,11H,1-2,5-8,10H2. The van der Waals surface area contributed by atoms with E-state index in [0.29, 0.717) is 42.0 Å². The van der Waals surface area contributed by atoms with Gasteiger partial charge < -0.3 is 14.5 Å². The minimum atomic E-state index is -0.102. The molecule has 1 heterocycles. The summed E-state index contributed by atoms with van der Waals surface area (Å²) in [5.74, 6) is 0.801. The summed E-state index contributed by atoms with van der Waals surface area (Å²) in [6, 6.07) is 4.88. The molecule has 23 heavy (non-hydrogen) atoms. The Morgan fingerprint density at radius 1 is 1.09 bits per heavy atom. The van der Waals surface area contributed by atoms with Crippen molar-refractivity contribution in [1.29, 1.82) is 0 Å². The highest BCUT2D eigenvalue weighted by Crippen LogP contribution is 2.31. The summed E-state index contributed by atoms with van der Waals surface area (Å²) in [6.07, 6.45) is 2.02. The Morgan fingerprint density at radius 2 is 1.74 bits per heavy atom. The lowest BCUT2D eigenvalue weighted by Gasteiger charge is -2.34. The molecule has 0 bridgehead atoms. The Kier molecular flexibility index (Phi) is 4.97. The second-order valence-corrected chi connectivity index (χ2v) is 6.69.